The molecule has 0 aliphatic carbocycles. The molecule has 154 valence electrons. The van der Waals surface area contributed by atoms with Crippen LogP contribution in [0, 0.1) is 0 Å². The van der Waals surface area contributed by atoms with E-state index in [0.29, 0.717) is 0 Å². The molecule has 0 aromatic heterocycles. The van der Waals surface area contributed by atoms with E-state index in [0.717, 1.165) is 17.7 Å². The Morgan fingerprint density at radius 3 is 2.25 bits per heavy atom. The zero-order valence-corrected chi connectivity index (χ0v) is 16.9. The Morgan fingerprint density at radius 1 is 1.00 bits per heavy atom. The van der Waals surface area contributed by atoms with E-state index in [1.807, 2.05) is 51.1 Å². The molecule has 0 saturated carbocycles. The zero-order valence-electron chi connectivity index (χ0n) is 16.0. The molecule has 0 spiro atoms. The van der Waals surface area contributed by atoms with Crippen LogP contribution in [0.5, 0.6) is 0 Å². The van der Waals surface area contributed by atoms with Gasteiger partial charge in [0.15, 0.2) is 0 Å². The number of rotatable bonds is 8. The van der Waals surface area contributed by atoms with Crippen LogP contribution in [0.2, 0.25) is 0 Å². The van der Waals surface area contributed by atoms with Gasteiger partial charge in [0.05, 0.1) is 11.3 Å². The number of hydrogen-bond donors (Lipinski definition) is 2. The molecule has 2 aromatic carbocycles. The third-order valence-electron chi connectivity index (χ3n) is 4.25. The van der Waals surface area contributed by atoms with E-state index in [1.54, 1.807) is 0 Å². The van der Waals surface area contributed by atoms with Gasteiger partial charge in [0.1, 0.15) is 0 Å². The molecular formula is C20H25F3N2O2S. The fourth-order valence-electron chi connectivity index (χ4n) is 2.86. The van der Waals surface area contributed by atoms with Crippen LogP contribution < -0.4 is 10.0 Å². The van der Waals surface area contributed by atoms with Crippen molar-refractivity contribution in [3.05, 3.63) is 71.3 Å². The Morgan fingerprint density at radius 2 is 1.64 bits per heavy atom. The van der Waals surface area contributed by atoms with Crippen LogP contribution in [0.1, 0.15) is 43.5 Å². The minimum atomic E-state index is -4.51. The first kappa shape index (κ1) is 22.4. The Labute approximate surface area is 164 Å². The predicted octanol–water partition coefficient (Wildman–Crippen LogP) is 4.25. The number of halogens is 3. The lowest BCUT2D eigenvalue weighted by atomic mass is 10.0. The Bertz CT molecular complexity index is 882. The molecule has 0 saturated heterocycles. The highest BCUT2D eigenvalue weighted by atomic mass is 32.2. The highest BCUT2D eigenvalue weighted by molar-refractivity contribution is 7.88. The lowest BCUT2D eigenvalue weighted by Crippen LogP contribution is -2.49. The van der Waals surface area contributed by atoms with Crippen molar-refractivity contribution < 1.29 is 21.6 Å². The molecule has 0 aliphatic heterocycles. The van der Waals surface area contributed by atoms with Gasteiger partial charge >= 0.3 is 6.18 Å². The highest BCUT2D eigenvalue weighted by Gasteiger charge is 2.31. The average molecular weight is 414 g/mol. The van der Waals surface area contributed by atoms with Gasteiger partial charge in [-0.25, -0.2) is 13.1 Å². The molecule has 4 nitrogen and oxygen atoms in total. The van der Waals surface area contributed by atoms with E-state index < -0.39 is 33.1 Å². The molecule has 0 radical (unpaired) electrons. The third-order valence-corrected chi connectivity index (χ3v) is 5.55. The van der Waals surface area contributed by atoms with E-state index in [4.69, 9.17) is 0 Å². The summed E-state index contributed by atoms with van der Waals surface area (Å²) in [6.45, 7) is 5.80. The van der Waals surface area contributed by atoms with Crippen molar-refractivity contribution in [2.24, 2.45) is 0 Å². The summed E-state index contributed by atoms with van der Waals surface area (Å²) in [7, 11) is -3.79. The smallest absolute Gasteiger partial charge is 0.304 e. The number of nitrogens with one attached hydrogen (secondary N) is 2. The standard InChI is InChI=1S/C20H25F3N2O2S/c1-15(17-9-5-4-6-10-17)25-19(2,3)14-24-28(26,27)13-16-8-7-11-18(12-16)20(21,22)23/h4-12,15,24-25H,13-14H2,1-3H3. The van der Waals surface area contributed by atoms with Crippen LogP contribution in [-0.2, 0) is 22.0 Å². The SMILES string of the molecule is CC(NC(C)(C)CNS(=O)(=O)Cc1cccc(C(F)(F)F)c1)c1ccccc1. The first-order valence-corrected chi connectivity index (χ1v) is 10.5. The molecule has 0 amide bonds. The highest BCUT2D eigenvalue weighted by Crippen LogP contribution is 2.29. The summed E-state index contributed by atoms with van der Waals surface area (Å²) in [5.74, 6) is -0.513. The van der Waals surface area contributed by atoms with Crippen molar-refractivity contribution in [1.82, 2.24) is 10.0 Å². The fraction of sp³-hybridized carbons (Fsp3) is 0.400. The van der Waals surface area contributed by atoms with Crippen molar-refractivity contribution in [1.29, 1.82) is 0 Å². The lowest BCUT2D eigenvalue weighted by Gasteiger charge is -2.30. The monoisotopic (exact) mass is 414 g/mol. The molecule has 0 aliphatic rings. The largest absolute Gasteiger partial charge is 0.416 e. The Balaban J connectivity index is 1.98. The molecule has 0 bridgehead atoms. The quantitative estimate of drug-likeness (QED) is 0.679. The first-order valence-electron chi connectivity index (χ1n) is 8.84. The third kappa shape index (κ3) is 6.92. The van der Waals surface area contributed by atoms with Gasteiger partial charge in [-0.1, -0.05) is 48.5 Å². The second kappa shape index (κ2) is 8.63. The summed E-state index contributed by atoms with van der Waals surface area (Å²) in [6.07, 6.45) is -4.51. The second-order valence-electron chi connectivity index (χ2n) is 7.44. The Kier molecular flexibility index (Phi) is 6.90. The van der Waals surface area contributed by atoms with E-state index in [2.05, 4.69) is 10.0 Å². The number of benzene rings is 2. The van der Waals surface area contributed by atoms with E-state index in [9.17, 15) is 21.6 Å². The van der Waals surface area contributed by atoms with Gasteiger partial charge in [-0.2, -0.15) is 13.2 Å². The maximum absolute atomic E-state index is 12.8. The van der Waals surface area contributed by atoms with Crippen LogP contribution in [0.25, 0.3) is 0 Å². The summed E-state index contributed by atoms with van der Waals surface area (Å²) < 4.78 is 65.6. The van der Waals surface area contributed by atoms with Crippen LogP contribution in [0.15, 0.2) is 54.6 Å². The molecular weight excluding hydrogens is 389 g/mol. The van der Waals surface area contributed by atoms with Gasteiger partial charge in [-0.3, -0.25) is 0 Å². The summed E-state index contributed by atoms with van der Waals surface area (Å²) in [6, 6.07) is 14.1. The minimum Gasteiger partial charge on any atom is -0.304 e. The van der Waals surface area contributed by atoms with Gasteiger partial charge < -0.3 is 5.32 Å². The number of alkyl halides is 3. The molecule has 2 N–H and O–H groups in total. The summed E-state index contributed by atoms with van der Waals surface area (Å²) in [4.78, 5) is 0. The predicted molar refractivity (Wildman–Crippen MR) is 104 cm³/mol. The number of sulfonamides is 1. The van der Waals surface area contributed by atoms with Crippen LogP contribution in [-0.4, -0.2) is 20.5 Å². The Hall–Kier alpha value is -1.90. The van der Waals surface area contributed by atoms with Gasteiger partial charge in [-0.05, 0) is 38.0 Å². The minimum absolute atomic E-state index is 0.00386. The average Bonchev–Trinajstić information content (AvgIpc) is 2.60. The van der Waals surface area contributed by atoms with Gasteiger partial charge in [0.2, 0.25) is 10.0 Å². The topological polar surface area (TPSA) is 58.2 Å². The van der Waals surface area contributed by atoms with E-state index in [1.165, 1.54) is 12.1 Å². The van der Waals surface area contributed by atoms with Gasteiger partial charge in [0.25, 0.3) is 0 Å². The molecule has 0 fully saturated rings. The summed E-state index contributed by atoms with van der Waals surface area (Å²) in [5.41, 5.74) is -0.261. The van der Waals surface area contributed by atoms with Crippen LogP contribution in [0.3, 0.4) is 0 Å². The van der Waals surface area contributed by atoms with Crippen LogP contribution >= 0.6 is 0 Å². The first-order chi connectivity index (χ1) is 12.9. The lowest BCUT2D eigenvalue weighted by molar-refractivity contribution is -0.137. The second-order valence-corrected chi connectivity index (χ2v) is 9.25. The molecule has 2 rings (SSSR count). The number of hydrogen-bond acceptors (Lipinski definition) is 3. The zero-order chi connectivity index (χ0) is 21.0. The van der Waals surface area contributed by atoms with Crippen molar-refractivity contribution in [3.8, 4) is 0 Å². The van der Waals surface area contributed by atoms with Gasteiger partial charge in [0, 0.05) is 18.1 Å². The molecule has 2 aromatic rings. The van der Waals surface area contributed by atoms with E-state index >= 15 is 0 Å². The molecule has 1 unspecified atom stereocenters. The normalized spacial score (nSPS) is 14.1. The maximum atomic E-state index is 12.8. The summed E-state index contributed by atoms with van der Waals surface area (Å²) >= 11 is 0. The molecule has 28 heavy (non-hydrogen) atoms. The van der Waals surface area contributed by atoms with Crippen molar-refractivity contribution in [2.45, 2.75) is 44.3 Å². The summed E-state index contributed by atoms with van der Waals surface area (Å²) in [5, 5.41) is 3.36. The van der Waals surface area contributed by atoms with Crippen molar-refractivity contribution in [3.63, 3.8) is 0 Å². The molecule has 1 atom stereocenters. The van der Waals surface area contributed by atoms with Crippen molar-refractivity contribution in [2.75, 3.05) is 6.54 Å². The van der Waals surface area contributed by atoms with E-state index in [-0.39, 0.29) is 18.2 Å². The maximum Gasteiger partial charge on any atom is 0.416 e. The van der Waals surface area contributed by atoms with Gasteiger partial charge in [-0.15, -0.1) is 0 Å². The molecule has 8 heteroatoms. The molecule has 0 heterocycles. The van der Waals surface area contributed by atoms with Crippen molar-refractivity contribution >= 4 is 10.0 Å². The van der Waals surface area contributed by atoms with Crippen LogP contribution in [0.4, 0.5) is 13.2 Å². The fourth-order valence-corrected chi connectivity index (χ4v) is 4.16.